The molecule has 15 heavy (non-hydrogen) atoms. The molecule has 0 atom stereocenters. The minimum atomic E-state index is -0.423. The van der Waals surface area contributed by atoms with Crippen molar-refractivity contribution in [3.8, 4) is 0 Å². The lowest BCUT2D eigenvalue weighted by Crippen LogP contribution is -2.31. The van der Waals surface area contributed by atoms with E-state index in [1.807, 2.05) is 0 Å². The standard InChI is InChI=1S/C10H12FN3O/c11-7-1-2-8(13-5-7)14-9(15)10(6-12)3-4-10/h1-2,5H,3-4,6,12H2,(H,13,14,15). The number of rotatable bonds is 3. The molecule has 1 amide bonds. The lowest BCUT2D eigenvalue weighted by molar-refractivity contribution is -0.120. The maximum atomic E-state index is 12.5. The van der Waals surface area contributed by atoms with Crippen LogP contribution in [0.15, 0.2) is 18.3 Å². The van der Waals surface area contributed by atoms with E-state index in [4.69, 9.17) is 5.73 Å². The summed E-state index contributed by atoms with van der Waals surface area (Å²) in [5.74, 6) is -0.182. The van der Waals surface area contributed by atoms with Crippen molar-refractivity contribution in [1.82, 2.24) is 4.98 Å². The highest BCUT2D eigenvalue weighted by Crippen LogP contribution is 2.45. The lowest BCUT2D eigenvalue weighted by atomic mass is 10.1. The number of anilines is 1. The molecule has 1 aliphatic rings. The van der Waals surface area contributed by atoms with Gasteiger partial charge in [-0.05, 0) is 25.0 Å². The molecule has 0 spiro atoms. The third-order valence-electron chi connectivity index (χ3n) is 2.69. The number of carbonyl (C=O) groups is 1. The van der Waals surface area contributed by atoms with Gasteiger partial charge in [-0.1, -0.05) is 0 Å². The Kier molecular flexibility index (Phi) is 2.40. The molecule has 1 saturated carbocycles. The Morgan fingerprint density at radius 1 is 1.60 bits per heavy atom. The van der Waals surface area contributed by atoms with Gasteiger partial charge in [0.2, 0.25) is 5.91 Å². The number of halogens is 1. The Labute approximate surface area is 86.7 Å². The van der Waals surface area contributed by atoms with Crippen molar-refractivity contribution in [1.29, 1.82) is 0 Å². The molecule has 3 N–H and O–H groups in total. The van der Waals surface area contributed by atoms with Gasteiger partial charge in [0.05, 0.1) is 11.6 Å². The molecular weight excluding hydrogens is 197 g/mol. The number of nitrogens with two attached hydrogens (primary N) is 1. The molecule has 0 bridgehead atoms. The molecule has 1 heterocycles. The van der Waals surface area contributed by atoms with Crippen LogP contribution >= 0.6 is 0 Å². The summed E-state index contributed by atoms with van der Waals surface area (Å²) >= 11 is 0. The summed E-state index contributed by atoms with van der Waals surface area (Å²) in [7, 11) is 0. The molecular formula is C10H12FN3O. The van der Waals surface area contributed by atoms with Crippen LogP contribution < -0.4 is 11.1 Å². The molecule has 1 fully saturated rings. The van der Waals surface area contributed by atoms with E-state index in [0.29, 0.717) is 12.4 Å². The van der Waals surface area contributed by atoms with E-state index in [1.54, 1.807) is 0 Å². The minimum Gasteiger partial charge on any atom is -0.329 e. The number of nitrogens with one attached hydrogen (secondary N) is 1. The molecule has 80 valence electrons. The van der Waals surface area contributed by atoms with Crippen molar-refractivity contribution in [2.24, 2.45) is 11.1 Å². The Hall–Kier alpha value is -1.49. The predicted molar refractivity (Wildman–Crippen MR) is 53.5 cm³/mol. The summed E-state index contributed by atoms with van der Waals surface area (Å²) < 4.78 is 12.5. The van der Waals surface area contributed by atoms with Crippen LogP contribution in [0.25, 0.3) is 0 Å². The highest BCUT2D eigenvalue weighted by molar-refractivity contribution is 5.96. The number of hydrogen-bond donors (Lipinski definition) is 2. The zero-order valence-corrected chi connectivity index (χ0v) is 8.16. The fraction of sp³-hybridized carbons (Fsp3) is 0.400. The van der Waals surface area contributed by atoms with Crippen LogP contribution in [-0.4, -0.2) is 17.4 Å². The van der Waals surface area contributed by atoms with Crippen LogP contribution in [0, 0.1) is 11.2 Å². The summed E-state index contributed by atoms with van der Waals surface area (Å²) in [5, 5.41) is 2.63. The highest BCUT2D eigenvalue weighted by atomic mass is 19.1. The Balaban J connectivity index is 2.03. The van der Waals surface area contributed by atoms with Crippen LogP contribution in [0.4, 0.5) is 10.2 Å². The average molecular weight is 209 g/mol. The molecule has 0 saturated heterocycles. The normalized spacial score (nSPS) is 17.2. The number of nitrogens with zero attached hydrogens (tertiary/aromatic N) is 1. The maximum absolute atomic E-state index is 12.5. The van der Waals surface area contributed by atoms with Crippen molar-refractivity contribution in [3.63, 3.8) is 0 Å². The Morgan fingerprint density at radius 2 is 2.33 bits per heavy atom. The van der Waals surface area contributed by atoms with Gasteiger partial charge in [0, 0.05) is 6.54 Å². The third-order valence-corrected chi connectivity index (χ3v) is 2.69. The van der Waals surface area contributed by atoms with Crippen molar-refractivity contribution in [2.75, 3.05) is 11.9 Å². The molecule has 0 aromatic carbocycles. The lowest BCUT2D eigenvalue weighted by Gasteiger charge is -2.11. The van der Waals surface area contributed by atoms with Gasteiger partial charge in [-0.15, -0.1) is 0 Å². The average Bonchev–Trinajstić information content (AvgIpc) is 3.02. The molecule has 1 aliphatic carbocycles. The summed E-state index contributed by atoms with van der Waals surface area (Å²) in [6, 6.07) is 2.68. The largest absolute Gasteiger partial charge is 0.329 e. The first kappa shape index (κ1) is 10.0. The molecule has 0 radical (unpaired) electrons. The van der Waals surface area contributed by atoms with E-state index in [2.05, 4.69) is 10.3 Å². The number of hydrogen-bond acceptors (Lipinski definition) is 3. The number of amides is 1. The van der Waals surface area contributed by atoms with Gasteiger partial charge in [0.25, 0.3) is 0 Å². The van der Waals surface area contributed by atoms with Gasteiger partial charge in [0.1, 0.15) is 11.6 Å². The third kappa shape index (κ3) is 1.97. The number of carbonyl (C=O) groups excluding carboxylic acids is 1. The second kappa shape index (κ2) is 3.58. The van der Waals surface area contributed by atoms with Crippen LogP contribution in [0.1, 0.15) is 12.8 Å². The summed E-state index contributed by atoms with van der Waals surface area (Å²) in [6.07, 6.45) is 2.70. The molecule has 2 rings (SSSR count). The Morgan fingerprint density at radius 3 is 2.80 bits per heavy atom. The van der Waals surface area contributed by atoms with Crippen molar-refractivity contribution in [3.05, 3.63) is 24.1 Å². The molecule has 4 nitrogen and oxygen atoms in total. The van der Waals surface area contributed by atoms with Crippen molar-refractivity contribution >= 4 is 11.7 Å². The second-order valence-corrected chi connectivity index (χ2v) is 3.80. The van der Waals surface area contributed by atoms with Crippen LogP contribution in [-0.2, 0) is 4.79 Å². The van der Waals surface area contributed by atoms with Gasteiger partial charge in [-0.25, -0.2) is 9.37 Å². The Bertz CT molecular complexity index is 373. The van der Waals surface area contributed by atoms with Crippen molar-refractivity contribution < 1.29 is 9.18 Å². The fourth-order valence-corrected chi connectivity index (χ4v) is 1.37. The first-order valence-electron chi connectivity index (χ1n) is 4.79. The van der Waals surface area contributed by atoms with E-state index >= 15 is 0 Å². The maximum Gasteiger partial charge on any atom is 0.233 e. The SMILES string of the molecule is NCC1(C(=O)Nc2ccc(F)cn2)CC1. The first-order valence-corrected chi connectivity index (χ1v) is 4.79. The van der Waals surface area contributed by atoms with E-state index in [0.717, 1.165) is 19.0 Å². The highest BCUT2D eigenvalue weighted by Gasteiger charge is 2.48. The topological polar surface area (TPSA) is 68.0 Å². The van der Waals surface area contributed by atoms with Gasteiger partial charge < -0.3 is 11.1 Å². The fourth-order valence-electron chi connectivity index (χ4n) is 1.37. The van der Waals surface area contributed by atoms with Crippen LogP contribution in [0.2, 0.25) is 0 Å². The summed E-state index contributed by atoms with van der Waals surface area (Å²) in [5.41, 5.74) is 5.10. The minimum absolute atomic E-state index is 0.121. The molecule has 0 unspecified atom stereocenters. The zero-order chi connectivity index (χ0) is 10.9. The van der Waals surface area contributed by atoms with Gasteiger partial charge in [-0.3, -0.25) is 4.79 Å². The van der Waals surface area contributed by atoms with Gasteiger partial charge in [-0.2, -0.15) is 0 Å². The van der Waals surface area contributed by atoms with Crippen LogP contribution in [0.3, 0.4) is 0 Å². The van der Waals surface area contributed by atoms with Crippen molar-refractivity contribution in [2.45, 2.75) is 12.8 Å². The van der Waals surface area contributed by atoms with E-state index in [1.165, 1.54) is 12.1 Å². The molecule has 1 aromatic heterocycles. The van der Waals surface area contributed by atoms with Gasteiger partial charge >= 0.3 is 0 Å². The van der Waals surface area contributed by atoms with E-state index < -0.39 is 11.2 Å². The monoisotopic (exact) mass is 209 g/mol. The number of aromatic nitrogens is 1. The molecule has 5 heteroatoms. The van der Waals surface area contributed by atoms with E-state index in [-0.39, 0.29) is 5.91 Å². The molecule has 1 aromatic rings. The summed E-state index contributed by atoms with van der Waals surface area (Å²) in [4.78, 5) is 15.4. The predicted octanol–water partition coefficient (Wildman–Crippen LogP) is 0.898. The summed E-state index contributed by atoms with van der Waals surface area (Å²) in [6.45, 7) is 0.347. The smallest absolute Gasteiger partial charge is 0.233 e. The molecule has 0 aliphatic heterocycles. The van der Waals surface area contributed by atoms with E-state index in [9.17, 15) is 9.18 Å². The second-order valence-electron chi connectivity index (χ2n) is 3.80. The zero-order valence-electron chi connectivity index (χ0n) is 8.16. The van der Waals surface area contributed by atoms with Crippen LogP contribution in [0.5, 0.6) is 0 Å². The quantitative estimate of drug-likeness (QED) is 0.777. The van der Waals surface area contributed by atoms with Gasteiger partial charge in [0.15, 0.2) is 0 Å². The number of pyridine rings is 1. The first-order chi connectivity index (χ1) is 7.16.